The van der Waals surface area contributed by atoms with Gasteiger partial charge in [0.2, 0.25) is 0 Å². The minimum atomic E-state index is -4.54. The molecule has 0 rings (SSSR count). The van der Waals surface area contributed by atoms with Gasteiger partial charge in [0.25, 0.3) is 7.82 Å². The molecule has 0 saturated heterocycles. The van der Waals surface area contributed by atoms with Crippen LogP contribution in [0, 0.1) is 0 Å². The van der Waals surface area contributed by atoms with Gasteiger partial charge in [-0.15, -0.1) is 0 Å². The minimum absolute atomic E-state index is 0.0166. The molecule has 9 heteroatoms. The first-order valence-corrected chi connectivity index (χ1v) is 25.1. The third-order valence-electron chi connectivity index (χ3n) is 9.74. The molecule has 342 valence electrons. The van der Waals surface area contributed by atoms with E-state index in [4.69, 9.17) is 18.5 Å². The number of carbonyl (C=O) groups is 1. The smallest absolute Gasteiger partial charge is 0.306 e. The number of ether oxygens (including phenoxy) is 2. The van der Waals surface area contributed by atoms with Crippen molar-refractivity contribution < 1.29 is 37.3 Å². The van der Waals surface area contributed by atoms with Crippen molar-refractivity contribution in [1.82, 2.24) is 0 Å². The summed E-state index contributed by atoms with van der Waals surface area (Å²) in [6, 6.07) is 0. The Morgan fingerprint density at radius 3 is 1.47 bits per heavy atom. The summed E-state index contributed by atoms with van der Waals surface area (Å²) in [7, 11) is 1.33. The lowest BCUT2D eigenvalue weighted by Gasteiger charge is -2.28. The van der Waals surface area contributed by atoms with Crippen molar-refractivity contribution in [2.24, 2.45) is 0 Å². The molecular formula is C50H90NO7P. The zero-order valence-corrected chi connectivity index (χ0v) is 39.6. The number of unbranched alkanes of at least 4 members (excludes halogenated alkanes) is 17. The van der Waals surface area contributed by atoms with Gasteiger partial charge in [-0.3, -0.25) is 9.36 Å². The van der Waals surface area contributed by atoms with Crippen LogP contribution in [0.3, 0.4) is 0 Å². The fourth-order valence-electron chi connectivity index (χ4n) is 6.10. The van der Waals surface area contributed by atoms with Crippen LogP contribution in [0.15, 0.2) is 72.9 Å². The molecule has 0 aliphatic rings. The Labute approximate surface area is 363 Å². The van der Waals surface area contributed by atoms with Crippen LogP contribution in [0.5, 0.6) is 0 Å². The lowest BCUT2D eigenvalue weighted by Crippen LogP contribution is -2.37. The van der Waals surface area contributed by atoms with Gasteiger partial charge >= 0.3 is 5.97 Å². The zero-order chi connectivity index (χ0) is 43.4. The standard InChI is InChI=1S/C50H90NO7P/c1-6-8-10-12-14-16-18-20-22-23-24-25-26-27-28-30-32-34-36-38-40-42-45-55-47-49(48-57-59(53,54)56-46-44-51(3,4)5)58-50(52)43-41-39-37-35-33-31-29-21-19-17-15-13-11-9-7-2/h9,11,15,17-18,20-21,23-24,26-27,29,49H,6-8,10,12-14,16,19,22,25,28,30-48H2,1-5H3/b11-9-,17-15-,20-18-,24-23-,27-26-,29-21-. The van der Waals surface area contributed by atoms with Crippen molar-refractivity contribution in [2.45, 2.75) is 187 Å². The number of hydrogen-bond donors (Lipinski definition) is 0. The van der Waals surface area contributed by atoms with Gasteiger partial charge in [-0.2, -0.15) is 0 Å². The van der Waals surface area contributed by atoms with E-state index >= 15 is 0 Å². The van der Waals surface area contributed by atoms with Crippen LogP contribution >= 0.6 is 7.82 Å². The molecule has 0 aromatic rings. The summed E-state index contributed by atoms with van der Waals surface area (Å²) in [5.41, 5.74) is 0. The van der Waals surface area contributed by atoms with Crippen LogP contribution in [0.25, 0.3) is 0 Å². The first-order chi connectivity index (χ1) is 28.6. The average Bonchev–Trinajstić information content (AvgIpc) is 3.19. The van der Waals surface area contributed by atoms with Crippen LogP contribution in [0.2, 0.25) is 0 Å². The first kappa shape index (κ1) is 56.9. The molecular weight excluding hydrogens is 758 g/mol. The van der Waals surface area contributed by atoms with E-state index in [1.54, 1.807) is 0 Å². The highest BCUT2D eigenvalue weighted by molar-refractivity contribution is 7.45. The molecule has 0 aromatic carbocycles. The highest BCUT2D eigenvalue weighted by atomic mass is 31.2. The number of nitrogens with zero attached hydrogens (tertiary/aromatic N) is 1. The number of quaternary nitrogens is 1. The monoisotopic (exact) mass is 848 g/mol. The van der Waals surface area contributed by atoms with Gasteiger partial charge in [0.05, 0.1) is 34.4 Å². The molecule has 0 N–H and O–H groups in total. The quantitative estimate of drug-likeness (QED) is 0.0198. The molecule has 2 atom stereocenters. The second-order valence-electron chi connectivity index (χ2n) is 16.7. The molecule has 0 heterocycles. The van der Waals surface area contributed by atoms with Crippen LogP contribution in [-0.4, -0.2) is 70.7 Å². The van der Waals surface area contributed by atoms with E-state index in [1.807, 2.05) is 21.1 Å². The highest BCUT2D eigenvalue weighted by Gasteiger charge is 2.20. The molecule has 0 bridgehead atoms. The SMILES string of the molecule is CC/C=C\C/C=C\C/C=C\CCCCCCCC(=O)OC(COCCCCCCCCC/C=C\C/C=C\C/C=C\CCCCCCC)COP(=O)([O-])OCC[N+](C)(C)C. The van der Waals surface area contributed by atoms with E-state index in [-0.39, 0.29) is 32.2 Å². The summed E-state index contributed by atoms with van der Waals surface area (Å²) in [4.78, 5) is 25.1. The Hall–Kier alpha value is -2.06. The topological polar surface area (TPSA) is 94.1 Å². The van der Waals surface area contributed by atoms with Gasteiger partial charge in [-0.1, -0.05) is 164 Å². The van der Waals surface area contributed by atoms with Crippen LogP contribution in [0.4, 0.5) is 0 Å². The lowest BCUT2D eigenvalue weighted by atomic mass is 10.1. The minimum Gasteiger partial charge on any atom is -0.756 e. The normalized spacial score (nSPS) is 14.3. The molecule has 0 spiro atoms. The predicted molar refractivity (Wildman–Crippen MR) is 249 cm³/mol. The Kier molecular flexibility index (Phi) is 41.1. The average molecular weight is 848 g/mol. The van der Waals surface area contributed by atoms with Gasteiger partial charge in [-0.25, -0.2) is 0 Å². The molecule has 59 heavy (non-hydrogen) atoms. The third kappa shape index (κ3) is 46.9. The predicted octanol–water partition coefficient (Wildman–Crippen LogP) is 13.6. The number of allylic oxidation sites excluding steroid dienone is 12. The summed E-state index contributed by atoms with van der Waals surface area (Å²) in [5, 5.41) is 0. The summed E-state index contributed by atoms with van der Waals surface area (Å²) >= 11 is 0. The van der Waals surface area contributed by atoms with E-state index in [1.165, 1.54) is 64.2 Å². The fourth-order valence-corrected chi connectivity index (χ4v) is 6.82. The summed E-state index contributed by atoms with van der Waals surface area (Å²) in [6.45, 7) is 5.23. The molecule has 0 aliphatic heterocycles. The Morgan fingerprint density at radius 2 is 0.983 bits per heavy atom. The molecule has 0 radical (unpaired) electrons. The van der Waals surface area contributed by atoms with Crippen molar-refractivity contribution in [3.8, 4) is 0 Å². The Balaban J connectivity index is 4.23. The Morgan fingerprint density at radius 1 is 0.542 bits per heavy atom. The summed E-state index contributed by atoms with van der Waals surface area (Å²) in [6.07, 6.45) is 54.9. The molecule has 2 unspecified atom stereocenters. The number of likely N-dealkylation sites (N-methyl/N-ethyl adjacent to an activating group) is 1. The van der Waals surface area contributed by atoms with E-state index in [0.717, 1.165) is 96.3 Å². The van der Waals surface area contributed by atoms with Crippen molar-refractivity contribution in [3.05, 3.63) is 72.9 Å². The van der Waals surface area contributed by atoms with Gasteiger partial charge in [-0.05, 0) is 83.5 Å². The summed E-state index contributed by atoms with van der Waals surface area (Å²) in [5.74, 6) is -0.357. The molecule has 0 fully saturated rings. The largest absolute Gasteiger partial charge is 0.756 e. The van der Waals surface area contributed by atoms with Crippen LogP contribution in [0.1, 0.15) is 181 Å². The lowest BCUT2D eigenvalue weighted by molar-refractivity contribution is -0.870. The van der Waals surface area contributed by atoms with Crippen molar-refractivity contribution in [3.63, 3.8) is 0 Å². The highest BCUT2D eigenvalue weighted by Crippen LogP contribution is 2.38. The fraction of sp³-hybridized carbons (Fsp3) is 0.740. The van der Waals surface area contributed by atoms with Crippen LogP contribution < -0.4 is 4.89 Å². The van der Waals surface area contributed by atoms with Gasteiger partial charge in [0, 0.05) is 13.0 Å². The van der Waals surface area contributed by atoms with Gasteiger partial charge in [0.15, 0.2) is 0 Å². The molecule has 0 saturated carbocycles. The maximum atomic E-state index is 12.7. The molecule has 0 aromatic heterocycles. The molecule has 8 nitrogen and oxygen atoms in total. The zero-order valence-electron chi connectivity index (χ0n) is 38.7. The number of esters is 1. The van der Waals surface area contributed by atoms with Gasteiger partial charge in [0.1, 0.15) is 19.3 Å². The van der Waals surface area contributed by atoms with Crippen molar-refractivity contribution in [1.29, 1.82) is 0 Å². The van der Waals surface area contributed by atoms with E-state index in [0.29, 0.717) is 17.6 Å². The Bertz CT molecular complexity index is 1170. The maximum Gasteiger partial charge on any atom is 0.306 e. The van der Waals surface area contributed by atoms with E-state index in [2.05, 4.69) is 86.8 Å². The van der Waals surface area contributed by atoms with E-state index in [9.17, 15) is 14.3 Å². The van der Waals surface area contributed by atoms with Crippen molar-refractivity contribution in [2.75, 3.05) is 54.1 Å². The first-order valence-electron chi connectivity index (χ1n) is 23.7. The molecule has 0 aliphatic carbocycles. The number of hydrogen-bond acceptors (Lipinski definition) is 7. The number of phosphoric acid groups is 1. The second-order valence-corrected chi connectivity index (χ2v) is 18.1. The van der Waals surface area contributed by atoms with Gasteiger partial charge < -0.3 is 27.9 Å². The number of rotatable bonds is 43. The summed E-state index contributed by atoms with van der Waals surface area (Å²) < 4.78 is 34.6. The van der Waals surface area contributed by atoms with Crippen LogP contribution in [-0.2, 0) is 27.9 Å². The second kappa shape index (κ2) is 42.6. The number of phosphoric ester groups is 1. The maximum absolute atomic E-state index is 12.7. The third-order valence-corrected chi connectivity index (χ3v) is 10.7. The molecule has 0 amide bonds. The van der Waals surface area contributed by atoms with E-state index < -0.39 is 13.9 Å². The number of carbonyl (C=O) groups excluding carboxylic acids is 1. The van der Waals surface area contributed by atoms with Crippen molar-refractivity contribution >= 4 is 13.8 Å².